The number of halogens is 1. The summed E-state index contributed by atoms with van der Waals surface area (Å²) in [5, 5.41) is 12.2. The first kappa shape index (κ1) is 21.3. The Morgan fingerprint density at radius 3 is 2.60 bits per heavy atom. The maximum absolute atomic E-state index is 13.0. The minimum atomic E-state index is -1.19. The molecule has 0 saturated carbocycles. The molecule has 2 aromatic carbocycles. The van der Waals surface area contributed by atoms with E-state index in [1.807, 2.05) is 4.90 Å². The predicted molar refractivity (Wildman–Crippen MR) is 109 cm³/mol. The number of aromatic carboxylic acids is 1. The number of esters is 1. The number of rotatable bonds is 6. The van der Waals surface area contributed by atoms with Crippen LogP contribution in [0.1, 0.15) is 40.5 Å². The molecule has 1 aliphatic rings. The molecule has 0 radical (unpaired) electrons. The van der Waals surface area contributed by atoms with Crippen LogP contribution < -0.4 is 10.2 Å². The monoisotopic (exact) mass is 414 g/mol. The van der Waals surface area contributed by atoms with Crippen LogP contribution >= 0.6 is 0 Å². The van der Waals surface area contributed by atoms with E-state index < -0.39 is 17.7 Å². The lowest BCUT2D eigenvalue weighted by molar-refractivity contribution is -0.148. The molecule has 8 heteroatoms. The van der Waals surface area contributed by atoms with Crippen molar-refractivity contribution in [3.8, 4) is 0 Å². The zero-order valence-corrected chi connectivity index (χ0v) is 16.6. The average Bonchev–Trinajstić information content (AvgIpc) is 2.74. The Kier molecular flexibility index (Phi) is 6.66. The number of hydrogen-bond acceptors (Lipinski definition) is 5. The summed E-state index contributed by atoms with van der Waals surface area (Å²) in [4.78, 5) is 38.2. The van der Waals surface area contributed by atoms with Crippen molar-refractivity contribution in [3.63, 3.8) is 0 Å². The van der Waals surface area contributed by atoms with Gasteiger partial charge in [0.2, 0.25) is 0 Å². The number of anilines is 2. The fourth-order valence-corrected chi connectivity index (χ4v) is 3.47. The van der Waals surface area contributed by atoms with E-state index >= 15 is 0 Å². The molecule has 2 N–H and O–H groups in total. The molecule has 0 spiro atoms. The number of benzene rings is 2. The number of ether oxygens (including phenoxy) is 1. The van der Waals surface area contributed by atoms with Gasteiger partial charge in [0.1, 0.15) is 5.82 Å². The molecule has 158 valence electrons. The number of carbonyl (C=O) groups excluding carboxylic acids is 2. The van der Waals surface area contributed by atoms with E-state index in [0.29, 0.717) is 25.4 Å². The highest BCUT2D eigenvalue weighted by atomic mass is 19.1. The minimum absolute atomic E-state index is 0.0683. The molecule has 0 aromatic heterocycles. The summed E-state index contributed by atoms with van der Waals surface area (Å²) in [6, 6.07) is 9.68. The van der Waals surface area contributed by atoms with Crippen molar-refractivity contribution in [3.05, 3.63) is 59.4 Å². The molecular weight excluding hydrogens is 391 g/mol. The van der Waals surface area contributed by atoms with Gasteiger partial charge < -0.3 is 20.1 Å². The largest absolute Gasteiger partial charge is 0.478 e. The van der Waals surface area contributed by atoms with Crippen LogP contribution in [0.4, 0.5) is 15.8 Å². The molecule has 1 fully saturated rings. The summed E-state index contributed by atoms with van der Waals surface area (Å²) in [7, 11) is 0. The Bertz CT molecular complexity index is 945. The minimum Gasteiger partial charge on any atom is -0.478 e. The Hall–Kier alpha value is -3.42. The SMILES string of the molecule is CCOC(=O)[C@@H]1CCCN(c2ccc(NC(=O)c3ccc(F)cc3)c(C(=O)O)c2)C1. The van der Waals surface area contributed by atoms with Gasteiger partial charge in [-0.15, -0.1) is 0 Å². The molecule has 0 aliphatic carbocycles. The predicted octanol–water partition coefficient (Wildman–Crippen LogP) is 3.56. The number of carboxylic acids is 1. The van der Waals surface area contributed by atoms with E-state index in [9.17, 15) is 23.9 Å². The number of nitrogens with one attached hydrogen (secondary N) is 1. The van der Waals surface area contributed by atoms with Gasteiger partial charge >= 0.3 is 11.9 Å². The molecule has 1 atom stereocenters. The molecule has 0 unspecified atom stereocenters. The van der Waals surface area contributed by atoms with Crippen molar-refractivity contribution < 1.29 is 28.6 Å². The molecule has 2 aromatic rings. The maximum Gasteiger partial charge on any atom is 0.337 e. The summed E-state index contributed by atoms with van der Waals surface area (Å²) in [5.41, 5.74) is 0.937. The number of piperidine rings is 1. The van der Waals surface area contributed by atoms with Gasteiger partial charge in [-0.25, -0.2) is 9.18 Å². The fraction of sp³-hybridized carbons (Fsp3) is 0.318. The van der Waals surface area contributed by atoms with E-state index in [4.69, 9.17) is 4.74 Å². The molecule has 0 bridgehead atoms. The molecule has 1 heterocycles. The molecule has 1 aliphatic heterocycles. The molecule has 3 rings (SSSR count). The van der Waals surface area contributed by atoms with Gasteiger partial charge in [-0.05, 0) is 62.2 Å². The van der Waals surface area contributed by atoms with Crippen LogP contribution in [0.2, 0.25) is 0 Å². The van der Waals surface area contributed by atoms with Gasteiger partial charge in [0.15, 0.2) is 0 Å². The Labute approximate surface area is 173 Å². The lowest BCUT2D eigenvalue weighted by Gasteiger charge is -2.33. The van der Waals surface area contributed by atoms with Crippen LogP contribution in [-0.4, -0.2) is 42.6 Å². The number of hydrogen-bond donors (Lipinski definition) is 2. The van der Waals surface area contributed by atoms with Crippen LogP contribution in [0, 0.1) is 11.7 Å². The van der Waals surface area contributed by atoms with Crippen molar-refractivity contribution >= 4 is 29.2 Å². The topological polar surface area (TPSA) is 95.9 Å². The van der Waals surface area contributed by atoms with E-state index in [1.165, 1.54) is 24.3 Å². The zero-order valence-electron chi connectivity index (χ0n) is 16.6. The Balaban J connectivity index is 1.79. The van der Waals surface area contributed by atoms with Gasteiger partial charge in [-0.2, -0.15) is 0 Å². The highest BCUT2D eigenvalue weighted by Gasteiger charge is 2.27. The summed E-state index contributed by atoms with van der Waals surface area (Å²) in [6.45, 7) is 3.22. The normalized spacial score (nSPS) is 16.1. The van der Waals surface area contributed by atoms with E-state index in [-0.39, 0.29) is 28.7 Å². The third-order valence-electron chi connectivity index (χ3n) is 4.99. The van der Waals surface area contributed by atoms with Crippen molar-refractivity contribution in [2.24, 2.45) is 5.92 Å². The highest BCUT2D eigenvalue weighted by Crippen LogP contribution is 2.28. The van der Waals surface area contributed by atoms with Gasteiger partial charge in [0.25, 0.3) is 5.91 Å². The van der Waals surface area contributed by atoms with E-state index in [1.54, 1.807) is 13.0 Å². The van der Waals surface area contributed by atoms with Gasteiger partial charge in [0, 0.05) is 24.3 Å². The molecule has 7 nitrogen and oxygen atoms in total. The standard InChI is InChI=1S/C22H23FN2O5/c1-2-30-22(29)15-4-3-11-25(13-15)17-9-10-19(18(12-17)21(27)28)24-20(26)14-5-7-16(23)8-6-14/h5-10,12,15H,2-4,11,13H2,1H3,(H,24,26)(H,27,28)/t15-/m1/s1. The van der Waals surface area contributed by atoms with Crippen LogP contribution in [0.5, 0.6) is 0 Å². The number of carbonyl (C=O) groups is 3. The Morgan fingerprint density at radius 2 is 1.93 bits per heavy atom. The smallest absolute Gasteiger partial charge is 0.337 e. The second-order valence-electron chi connectivity index (χ2n) is 7.03. The third kappa shape index (κ3) is 4.94. The van der Waals surface area contributed by atoms with Crippen molar-refractivity contribution in [2.45, 2.75) is 19.8 Å². The molecule has 30 heavy (non-hydrogen) atoms. The summed E-state index contributed by atoms with van der Waals surface area (Å²) in [5.74, 6) is -2.70. The van der Waals surface area contributed by atoms with Crippen LogP contribution in [0.25, 0.3) is 0 Å². The van der Waals surface area contributed by atoms with Crippen LogP contribution in [0.3, 0.4) is 0 Å². The fourth-order valence-electron chi connectivity index (χ4n) is 3.47. The summed E-state index contributed by atoms with van der Waals surface area (Å²) < 4.78 is 18.2. The number of carboxylic acid groups (broad SMARTS) is 1. The second-order valence-corrected chi connectivity index (χ2v) is 7.03. The Morgan fingerprint density at radius 1 is 1.20 bits per heavy atom. The van der Waals surface area contributed by atoms with E-state index in [0.717, 1.165) is 25.0 Å². The molecule has 1 saturated heterocycles. The second kappa shape index (κ2) is 9.39. The first-order chi connectivity index (χ1) is 14.4. The number of nitrogens with zero attached hydrogens (tertiary/aromatic N) is 1. The zero-order chi connectivity index (χ0) is 21.7. The lowest BCUT2D eigenvalue weighted by Crippen LogP contribution is -2.39. The van der Waals surface area contributed by atoms with Crippen molar-refractivity contribution in [1.29, 1.82) is 0 Å². The first-order valence-electron chi connectivity index (χ1n) is 9.75. The van der Waals surface area contributed by atoms with Crippen molar-refractivity contribution in [1.82, 2.24) is 0 Å². The number of amides is 1. The van der Waals surface area contributed by atoms with Gasteiger partial charge in [-0.1, -0.05) is 0 Å². The summed E-state index contributed by atoms with van der Waals surface area (Å²) >= 11 is 0. The lowest BCUT2D eigenvalue weighted by atomic mass is 9.97. The highest BCUT2D eigenvalue weighted by molar-refractivity contribution is 6.08. The van der Waals surface area contributed by atoms with Gasteiger partial charge in [-0.3, -0.25) is 9.59 Å². The summed E-state index contributed by atoms with van der Waals surface area (Å²) in [6.07, 6.45) is 1.52. The third-order valence-corrected chi connectivity index (χ3v) is 4.99. The van der Waals surface area contributed by atoms with Crippen LogP contribution in [0.15, 0.2) is 42.5 Å². The van der Waals surface area contributed by atoms with Crippen LogP contribution in [-0.2, 0) is 9.53 Å². The average molecular weight is 414 g/mol. The van der Waals surface area contributed by atoms with Gasteiger partial charge in [0.05, 0.1) is 23.8 Å². The quantitative estimate of drug-likeness (QED) is 0.702. The van der Waals surface area contributed by atoms with Crippen molar-refractivity contribution in [2.75, 3.05) is 29.9 Å². The molecule has 1 amide bonds. The maximum atomic E-state index is 13.0. The van der Waals surface area contributed by atoms with E-state index in [2.05, 4.69) is 5.32 Å². The molecular formula is C22H23FN2O5. The first-order valence-corrected chi connectivity index (χ1v) is 9.75.